The summed E-state index contributed by atoms with van der Waals surface area (Å²) in [5.74, 6) is 0.207. The molecule has 2 aliphatic heterocycles. The van der Waals surface area contributed by atoms with Crippen molar-refractivity contribution in [1.82, 2.24) is 0 Å². The molecule has 3 atom stereocenters. The normalized spacial score (nSPS) is 33.2. The Labute approximate surface area is 140 Å². The van der Waals surface area contributed by atoms with Gasteiger partial charge in [0.25, 0.3) is 0 Å². The van der Waals surface area contributed by atoms with E-state index in [4.69, 9.17) is 9.15 Å². The van der Waals surface area contributed by atoms with E-state index in [1.165, 1.54) is 0 Å². The molecule has 2 aromatic rings. The summed E-state index contributed by atoms with van der Waals surface area (Å²) in [5.41, 5.74) is 2.61. The Morgan fingerprint density at radius 2 is 2.08 bits per heavy atom. The van der Waals surface area contributed by atoms with Crippen LogP contribution in [0.2, 0.25) is 0 Å². The summed E-state index contributed by atoms with van der Waals surface area (Å²) in [6, 6.07) is 2.07. The summed E-state index contributed by atoms with van der Waals surface area (Å²) in [6.07, 6.45) is 5.10. The zero-order valence-corrected chi connectivity index (χ0v) is 14.3. The van der Waals surface area contributed by atoms with E-state index in [2.05, 4.69) is 19.9 Å². The van der Waals surface area contributed by atoms with E-state index in [9.17, 15) is 9.90 Å². The number of hydrogen-bond donors (Lipinski definition) is 1. The smallest absolute Gasteiger partial charge is 0.317 e. The third kappa shape index (κ3) is 1.44. The molecule has 4 heteroatoms. The molecule has 2 bridgehead atoms. The van der Waals surface area contributed by atoms with E-state index in [1.54, 1.807) is 6.26 Å². The number of phenols is 1. The Morgan fingerprint density at radius 1 is 1.29 bits per heavy atom. The van der Waals surface area contributed by atoms with Gasteiger partial charge in [0.15, 0.2) is 11.3 Å². The molecule has 126 valence electrons. The standard InChI is InChI=1S/C20H22O4/c1-10-9-23-17-11(10)7-12-13-8-14-19(2,3)5-4-6-20(14,18(22)24-13)15(12)16(17)21/h7,9,13-14,21H,4-6,8H2,1-3H3/t13-,14-,20+/m0/s1. The Morgan fingerprint density at radius 3 is 2.88 bits per heavy atom. The zero-order valence-electron chi connectivity index (χ0n) is 14.3. The molecule has 4 aliphatic rings. The number of aromatic hydroxyl groups is 1. The van der Waals surface area contributed by atoms with E-state index in [-0.39, 0.29) is 29.2 Å². The van der Waals surface area contributed by atoms with Crippen LogP contribution in [-0.4, -0.2) is 11.1 Å². The molecule has 24 heavy (non-hydrogen) atoms. The maximum atomic E-state index is 13.0. The molecule has 0 radical (unpaired) electrons. The first-order chi connectivity index (χ1) is 11.4. The van der Waals surface area contributed by atoms with E-state index < -0.39 is 5.41 Å². The summed E-state index contributed by atoms with van der Waals surface area (Å²) < 4.78 is 11.4. The molecular weight excluding hydrogens is 304 g/mol. The second kappa shape index (κ2) is 4.16. The quantitative estimate of drug-likeness (QED) is 0.724. The predicted octanol–water partition coefficient (Wildman–Crippen LogP) is 4.51. The highest BCUT2D eigenvalue weighted by molar-refractivity contribution is 5.95. The van der Waals surface area contributed by atoms with Crippen LogP contribution in [0.4, 0.5) is 0 Å². The lowest BCUT2D eigenvalue weighted by Crippen LogP contribution is -2.59. The van der Waals surface area contributed by atoms with Crippen molar-refractivity contribution in [3.8, 4) is 5.75 Å². The second-order valence-electron chi connectivity index (χ2n) is 8.48. The Bertz CT molecular complexity index is 891. The Hall–Kier alpha value is -1.97. The Kier molecular flexibility index (Phi) is 2.49. The molecule has 1 aromatic heterocycles. The van der Waals surface area contributed by atoms with Crippen LogP contribution in [0.5, 0.6) is 5.75 Å². The van der Waals surface area contributed by atoms with Crippen LogP contribution in [-0.2, 0) is 14.9 Å². The van der Waals surface area contributed by atoms with Crippen LogP contribution >= 0.6 is 0 Å². The van der Waals surface area contributed by atoms with E-state index in [0.717, 1.165) is 47.8 Å². The first-order valence-electron chi connectivity index (χ1n) is 8.81. The fourth-order valence-electron chi connectivity index (χ4n) is 5.71. The molecule has 1 spiro atoms. The number of hydrogen-bond acceptors (Lipinski definition) is 4. The number of esters is 1. The summed E-state index contributed by atoms with van der Waals surface area (Å²) in [5, 5.41) is 12.0. The number of carbonyl (C=O) groups excluding carboxylic acids is 1. The van der Waals surface area contributed by atoms with E-state index in [1.807, 2.05) is 6.92 Å². The van der Waals surface area contributed by atoms with Gasteiger partial charge < -0.3 is 14.3 Å². The minimum absolute atomic E-state index is 0.0636. The van der Waals surface area contributed by atoms with Gasteiger partial charge in [0.2, 0.25) is 0 Å². The molecule has 1 N–H and O–H groups in total. The van der Waals surface area contributed by atoms with Gasteiger partial charge in [0, 0.05) is 16.5 Å². The number of ether oxygens (including phenoxy) is 1. The lowest BCUT2D eigenvalue weighted by atomic mass is 9.47. The van der Waals surface area contributed by atoms with Crippen LogP contribution in [0.3, 0.4) is 0 Å². The van der Waals surface area contributed by atoms with Gasteiger partial charge in [0.05, 0.1) is 6.26 Å². The molecule has 1 aromatic carbocycles. The van der Waals surface area contributed by atoms with E-state index in [0.29, 0.717) is 5.58 Å². The molecule has 4 nitrogen and oxygen atoms in total. The number of furan rings is 1. The van der Waals surface area contributed by atoms with Crippen molar-refractivity contribution >= 4 is 16.9 Å². The van der Waals surface area contributed by atoms with Gasteiger partial charge in [-0.05, 0) is 49.1 Å². The summed E-state index contributed by atoms with van der Waals surface area (Å²) in [7, 11) is 0. The number of rotatable bonds is 0. The molecular formula is C20H22O4. The van der Waals surface area contributed by atoms with Crippen LogP contribution < -0.4 is 0 Å². The molecule has 2 fully saturated rings. The number of carbonyl (C=O) groups is 1. The summed E-state index contributed by atoms with van der Waals surface area (Å²) in [4.78, 5) is 13.0. The largest absolute Gasteiger partial charge is 0.504 e. The number of fused-ring (bicyclic) bond motifs is 2. The van der Waals surface area contributed by atoms with Crippen molar-refractivity contribution in [3.63, 3.8) is 0 Å². The lowest BCUT2D eigenvalue weighted by molar-refractivity contribution is -0.185. The average molecular weight is 326 g/mol. The lowest BCUT2D eigenvalue weighted by Gasteiger charge is -2.58. The van der Waals surface area contributed by atoms with Gasteiger partial charge in [-0.15, -0.1) is 0 Å². The van der Waals surface area contributed by atoms with Gasteiger partial charge in [-0.25, -0.2) is 0 Å². The van der Waals surface area contributed by atoms with Gasteiger partial charge >= 0.3 is 5.97 Å². The van der Waals surface area contributed by atoms with Gasteiger partial charge in [-0.1, -0.05) is 20.3 Å². The van der Waals surface area contributed by atoms with Crippen LogP contribution in [0, 0.1) is 18.3 Å². The number of benzene rings is 1. The van der Waals surface area contributed by atoms with Crippen molar-refractivity contribution in [1.29, 1.82) is 0 Å². The van der Waals surface area contributed by atoms with Crippen molar-refractivity contribution in [2.75, 3.05) is 0 Å². The summed E-state index contributed by atoms with van der Waals surface area (Å²) >= 11 is 0. The summed E-state index contributed by atoms with van der Waals surface area (Å²) in [6.45, 7) is 6.47. The maximum absolute atomic E-state index is 13.0. The Balaban J connectivity index is 1.88. The van der Waals surface area contributed by atoms with Gasteiger partial charge in [-0.2, -0.15) is 0 Å². The highest BCUT2D eigenvalue weighted by atomic mass is 16.5. The third-order valence-electron chi connectivity index (χ3n) is 6.85. The van der Waals surface area contributed by atoms with Gasteiger partial charge in [0.1, 0.15) is 11.5 Å². The van der Waals surface area contributed by atoms with Crippen molar-refractivity contribution in [2.24, 2.45) is 11.3 Å². The first-order valence-corrected chi connectivity index (χ1v) is 8.81. The molecule has 0 unspecified atom stereocenters. The van der Waals surface area contributed by atoms with Crippen molar-refractivity contribution in [2.45, 2.75) is 58.0 Å². The fraction of sp³-hybridized carbons (Fsp3) is 0.550. The molecule has 6 rings (SSSR count). The molecule has 0 amide bonds. The van der Waals surface area contributed by atoms with Crippen LogP contribution in [0.15, 0.2) is 16.7 Å². The first kappa shape index (κ1) is 14.4. The average Bonchev–Trinajstić information content (AvgIpc) is 2.89. The number of aryl methyl sites for hydroxylation is 1. The zero-order chi connectivity index (χ0) is 16.9. The van der Waals surface area contributed by atoms with Crippen molar-refractivity contribution in [3.05, 3.63) is 29.0 Å². The van der Waals surface area contributed by atoms with Crippen molar-refractivity contribution < 1.29 is 19.1 Å². The minimum Gasteiger partial charge on any atom is -0.504 e. The molecule has 3 heterocycles. The third-order valence-corrected chi connectivity index (χ3v) is 6.85. The van der Waals surface area contributed by atoms with Gasteiger partial charge in [-0.3, -0.25) is 4.79 Å². The minimum atomic E-state index is -0.717. The van der Waals surface area contributed by atoms with Crippen LogP contribution in [0.25, 0.3) is 11.0 Å². The highest BCUT2D eigenvalue weighted by Gasteiger charge is 2.64. The predicted molar refractivity (Wildman–Crippen MR) is 88.9 cm³/mol. The topological polar surface area (TPSA) is 59.7 Å². The van der Waals surface area contributed by atoms with E-state index >= 15 is 0 Å². The molecule has 1 saturated heterocycles. The maximum Gasteiger partial charge on any atom is 0.317 e. The molecule has 2 aliphatic carbocycles. The number of phenolic OH excluding ortho intramolecular Hbond substituents is 1. The second-order valence-corrected chi connectivity index (χ2v) is 8.48. The fourth-order valence-corrected chi connectivity index (χ4v) is 5.71. The monoisotopic (exact) mass is 326 g/mol. The SMILES string of the molecule is Cc1coc2c(O)c3c(cc12)[C@@H]1C[C@H]2C(C)(C)CCC[C@]32C(=O)O1. The highest BCUT2D eigenvalue weighted by Crippen LogP contribution is 2.65. The molecule has 1 saturated carbocycles. The van der Waals surface area contributed by atoms with Crippen LogP contribution in [0.1, 0.15) is 62.3 Å².